The summed E-state index contributed by atoms with van der Waals surface area (Å²) in [7, 11) is 0. The molecular weight excluding hydrogens is 625 g/mol. The smallest absolute Gasteiger partial charge is 0.137 e. The average molecular weight is 663 g/mol. The van der Waals surface area contributed by atoms with Gasteiger partial charge in [-0.2, -0.15) is 0 Å². The Kier molecular flexibility index (Phi) is 7.36. The van der Waals surface area contributed by atoms with Crippen LogP contribution in [0.5, 0.6) is 11.5 Å². The maximum Gasteiger partial charge on any atom is 0.137 e. The van der Waals surface area contributed by atoms with Gasteiger partial charge in [-0.1, -0.05) is 99.6 Å². The van der Waals surface area contributed by atoms with Gasteiger partial charge in [-0.3, -0.25) is 4.57 Å². The predicted octanol–water partition coefficient (Wildman–Crippen LogP) is 12.2. The van der Waals surface area contributed by atoms with Gasteiger partial charge in [0.15, 0.2) is 0 Å². The highest BCUT2D eigenvalue weighted by molar-refractivity contribution is 6.09. The van der Waals surface area contributed by atoms with Crippen molar-refractivity contribution in [2.45, 2.75) is 26.2 Å². The molecule has 6 aromatic carbocycles. The topological polar surface area (TPSA) is 33.5 Å². The lowest BCUT2D eigenvalue weighted by Gasteiger charge is -2.23. The van der Waals surface area contributed by atoms with Crippen molar-refractivity contribution < 1.29 is 4.74 Å². The molecular formula is C46H38N4O. The Labute approximate surface area is 298 Å². The number of rotatable bonds is 6. The number of aromatic nitrogens is 2. The van der Waals surface area contributed by atoms with Crippen LogP contribution in [-0.2, 0) is 5.41 Å². The SMILES string of the molecule is CC(C)(C)c1ccnc(-n2c3ccccc3c3ccc(Oc4cccc(N5CN(c6cccc(-c7ccccc7)c6)c6ccccc65)c4)cc32)c1. The fraction of sp³-hybridized carbons (Fsp3) is 0.109. The first-order chi connectivity index (χ1) is 24.9. The molecule has 0 amide bonds. The van der Waals surface area contributed by atoms with Crippen LogP contribution in [-0.4, -0.2) is 16.2 Å². The standard InChI is InChI=1S/C46H38N4O/c1-46(2,3)34-25-26-47-45(28-34)50-41-20-8-7-19-39(41)40-24-23-38(30-44(40)50)51-37-18-12-17-36(29-37)49-31-48(42-21-9-10-22-43(42)49)35-16-11-15-33(27-35)32-13-5-4-6-14-32/h4-30H,31H2,1-3H3. The molecule has 1 aliphatic heterocycles. The largest absolute Gasteiger partial charge is 0.457 e. The highest BCUT2D eigenvalue weighted by atomic mass is 16.5. The molecule has 0 unspecified atom stereocenters. The number of pyridine rings is 1. The first-order valence-corrected chi connectivity index (χ1v) is 17.5. The Bertz CT molecular complexity index is 2550. The molecule has 248 valence electrons. The van der Waals surface area contributed by atoms with Gasteiger partial charge in [0, 0.05) is 40.5 Å². The summed E-state index contributed by atoms with van der Waals surface area (Å²) in [5, 5.41) is 2.36. The summed E-state index contributed by atoms with van der Waals surface area (Å²) in [5.41, 5.74) is 10.4. The molecule has 0 atom stereocenters. The molecule has 0 aliphatic carbocycles. The van der Waals surface area contributed by atoms with E-state index >= 15 is 0 Å². The van der Waals surface area contributed by atoms with Crippen LogP contribution in [0.3, 0.4) is 0 Å². The van der Waals surface area contributed by atoms with E-state index in [0.29, 0.717) is 6.67 Å². The molecule has 51 heavy (non-hydrogen) atoms. The third-order valence-electron chi connectivity index (χ3n) is 9.86. The Morgan fingerprint density at radius 3 is 1.96 bits per heavy atom. The number of hydrogen-bond acceptors (Lipinski definition) is 4. The molecule has 0 spiro atoms. The van der Waals surface area contributed by atoms with Crippen LogP contribution in [0.2, 0.25) is 0 Å². The van der Waals surface area contributed by atoms with E-state index in [9.17, 15) is 0 Å². The summed E-state index contributed by atoms with van der Waals surface area (Å²) in [5.74, 6) is 2.46. The molecule has 0 radical (unpaired) electrons. The number of benzene rings is 6. The van der Waals surface area contributed by atoms with Gasteiger partial charge in [-0.05, 0) is 88.8 Å². The lowest BCUT2D eigenvalue weighted by molar-refractivity contribution is 0.483. The zero-order valence-corrected chi connectivity index (χ0v) is 29.0. The second-order valence-corrected chi connectivity index (χ2v) is 14.2. The van der Waals surface area contributed by atoms with Crippen molar-refractivity contribution >= 4 is 44.6 Å². The third kappa shape index (κ3) is 5.57. The van der Waals surface area contributed by atoms with E-state index in [0.717, 1.165) is 45.4 Å². The van der Waals surface area contributed by atoms with E-state index in [1.54, 1.807) is 0 Å². The quantitative estimate of drug-likeness (QED) is 0.177. The molecule has 3 heterocycles. The lowest BCUT2D eigenvalue weighted by Crippen LogP contribution is -2.23. The van der Waals surface area contributed by atoms with Gasteiger partial charge in [0.05, 0.1) is 22.4 Å². The van der Waals surface area contributed by atoms with Crippen molar-refractivity contribution in [1.29, 1.82) is 0 Å². The summed E-state index contributed by atoms with van der Waals surface area (Å²) in [6.45, 7) is 7.40. The Balaban J connectivity index is 1.06. The molecule has 2 aromatic heterocycles. The molecule has 5 nitrogen and oxygen atoms in total. The zero-order chi connectivity index (χ0) is 34.5. The summed E-state index contributed by atoms with van der Waals surface area (Å²) >= 11 is 0. The summed E-state index contributed by atoms with van der Waals surface area (Å²) in [4.78, 5) is 9.58. The Morgan fingerprint density at radius 1 is 0.529 bits per heavy atom. The maximum atomic E-state index is 6.64. The zero-order valence-electron chi connectivity index (χ0n) is 29.0. The number of para-hydroxylation sites is 3. The minimum absolute atomic E-state index is 0.00875. The summed E-state index contributed by atoms with van der Waals surface area (Å²) < 4.78 is 8.90. The fourth-order valence-electron chi connectivity index (χ4n) is 7.26. The van der Waals surface area contributed by atoms with Gasteiger partial charge in [-0.25, -0.2) is 4.98 Å². The number of hydrogen-bond donors (Lipinski definition) is 0. The number of ether oxygens (including phenoxy) is 1. The molecule has 5 heteroatoms. The van der Waals surface area contributed by atoms with Gasteiger partial charge in [0.2, 0.25) is 0 Å². The summed E-state index contributed by atoms with van der Waals surface area (Å²) in [6, 6.07) is 55.6. The summed E-state index contributed by atoms with van der Waals surface area (Å²) in [6.07, 6.45) is 1.92. The van der Waals surface area contributed by atoms with Crippen molar-refractivity contribution in [3.8, 4) is 28.4 Å². The monoisotopic (exact) mass is 662 g/mol. The van der Waals surface area contributed by atoms with Gasteiger partial charge in [0.1, 0.15) is 24.0 Å². The highest BCUT2D eigenvalue weighted by Gasteiger charge is 2.28. The molecule has 9 rings (SSSR count). The van der Waals surface area contributed by atoms with Crippen LogP contribution < -0.4 is 14.5 Å². The van der Waals surface area contributed by atoms with Crippen LogP contribution in [0, 0.1) is 0 Å². The molecule has 1 aliphatic rings. The molecule has 0 fully saturated rings. The minimum atomic E-state index is 0.00875. The molecule has 0 bridgehead atoms. The number of nitrogens with zero attached hydrogens (tertiary/aromatic N) is 4. The minimum Gasteiger partial charge on any atom is -0.457 e. The van der Waals surface area contributed by atoms with Crippen LogP contribution in [0.25, 0.3) is 38.8 Å². The molecule has 8 aromatic rings. The lowest BCUT2D eigenvalue weighted by atomic mass is 9.88. The van der Waals surface area contributed by atoms with Gasteiger partial charge in [-0.15, -0.1) is 0 Å². The second-order valence-electron chi connectivity index (χ2n) is 14.2. The number of anilines is 4. The normalized spacial score (nSPS) is 12.8. The van der Waals surface area contributed by atoms with Crippen molar-refractivity contribution in [3.63, 3.8) is 0 Å². The molecule has 0 saturated heterocycles. The Hall–Kier alpha value is -6.33. The molecule has 0 saturated carbocycles. The third-order valence-corrected chi connectivity index (χ3v) is 9.86. The van der Waals surface area contributed by atoms with Crippen LogP contribution >= 0.6 is 0 Å². The second kappa shape index (κ2) is 12.2. The Morgan fingerprint density at radius 2 is 1.18 bits per heavy atom. The first kappa shape index (κ1) is 30.7. The first-order valence-electron chi connectivity index (χ1n) is 17.5. The number of fused-ring (bicyclic) bond motifs is 4. The average Bonchev–Trinajstić information content (AvgIpc) is 3.71. The highest BCUT2D eigenvalue weighted by Crippen LogP contribution is 2.45. The predicted molar refractivity (Wildman–Crippen MR) is 211 cm³/mol. The van der Waals surface area contributed by atoms with Crippen molar-refractivity contribution in [1.82, 2.24) is 9.55 Å². The maximum absolute atomic E-state index is 6.64. The van der Waals surface area contributed by atoms with Crippen LogP contribution in [0.15, 0.2) is 164 Å². The van der Waals surface area contributed by atoms with Crippen molar-refractivity contribution in [3.05, 3.63) is 169 Å². The van der Waals surface area contributed by atoms with E-state index < -0.39 is 0 Å². The van der Waals surface area contributed by atoms with Crippen molar-refractivity contribution in [2.24, 2.45) is 0 Å². The van der Waals surface area contributed by atoms with E-state index in [2.05, 4.69) is 187 Å². The fourth-order valence-corrected chi connectivity index (χ4v) is 7.26. The van der Waals surface area contributed by atoms with Gasteiger partial charge >= 0.3 is 0 Å². The van der Waals surface area contributed by atoms with Crippen molar-refractivity contribution in [2.75, 3.05) is 16.5 Å². The van der Waals surface area contributed by atoms with Gasteiger partial charge in [0.25, 0.3) is 0 Å². The molecule has 0 N–H and O–H groups in total. The van der Waals surface area contributed by atoms with E-state index in [1.807, 2.05) is 12.3 Å². The van der Waals surface area contributed by atoms with E-state index in [-0.39, 0.29) is 5.41 Å². The van der Waals surface area contributed by atoms with Crippen LogP contribution in [0.1, 0.15) is 26.3 Å². The van der Waals surface area contributed by atoms with Gasteiger partial charge < -0.3 is 14.5 Å². The van der Waals surface area contributed by atoms with E-state index in [1.165, 1.54) is 33.2 Å². The van der Waals surface area contributed by atoms with Crippen LogP contribution in [0.4, 0.5) is 22.7 Å². The van der Waals surface area contributed by atoms with E-state index in [4.69, 9.17) is 9.72 Å².